The summed E-state index contributed by atoms with van der Waals surface area (Å²) in [6, 6.07) is 15.6. The number of aromatic nitrogens is 2. The van der Waals surface area contributed by atoms with Gasteiger partial charge in [-0.05, 0) is 48.5 Å². The second kappa shape index (κ2) is 8.03. The van der Waals surface area contributed by atoms with Crippen molar-refractivity contribution >= 4 is 46.3 Å². The van der Waals surface area contributed by atoms with Crippen molar-refractivity contribution in [3.63, 3.8) is 0 Å². The van der Waals surface area contributed by atoms with Crippen molar-refractivity contribution in [1.82, 2.24) is 10.2 Å². The van der Waals surface area contributed by atoms with E-state index in [9.17, 15) is 4.79 Å². The van der Waals surface area contributed by atoms with Crippen molar-refractivity contribution in [1.29, 1.82) is 0 Å². The summed E-state index contributed by atoms with van der Waals surface area (Å²) in [5.74, 6) is 0.832. The van der Waals surface area contributed by atoms with Crippen LogP contribution in [-0.4, -0.2) is 23.2 Å². The first-order valence-corrected chi connectivity index (χ1v) is 8.32. The highest BCUT2D eigenvalue weighted by atomic mass is 35.5. The number of nitrogens with zero attached hydrogens (tertiary/aromatic N) is 2. The fraction of sp³-hybridized carbons (Fsp3) is 0.0556. The lowest BCUT2D eigenvalue weighted by molar-refractivity contribution is 0.102. The fourth-order valence-electron chi connectivity index (χ4n) is 2.13. The van der Waals surface area contributed by atoms with Crippen molar-refractivity contribution in [2.45, 2.75) is 0 Å². The molecule has 0 radical (unpaired) electrons. The molecule has 1 heterocycles. The number of hydrogen-bond acceptors (Lipinski definition) is 5. The van der Waals surface area contributed by atoms with E-state index in [1.807, 2.05) is 24.3 Å². The number of carbonyl (C=O) groups excluding carboxylic acids is 1. The van der Waals surface area contributed by atoms with Gasteiger partial charge in [-0.25, -0.2) is 0 Å². The third-order valence-corrected chi connectivity index (χ3v) is 4.28. The number of hydrogen-bond donors (Lipinski definition) is 2. The molecule has 132 valence electrons. The molecule has 3 rings (SSSR count). The van der Waals surface area contributed by atoms with E-state index in [4.69, 9.17) is 27.9 Å². The summed E-state index contributed by atoms with van der Waals surface area (Å²) in [7, 11) is 1.61. The number of halogens is 2. The Bertz CT molecular complexity index is 915. The molecular weight excluding hydrogens is 375 g/mol. The van der Waals surface area contributed by atoms with E-state index in [0.717, 1.165) is 11.4 Å². The number of ether oxygens (including phenoxy) is 1. The van der Waals surface area contributed by atoms with Crippen LogP contribution in [0.1, 0.15) is 10.5 Å². The molecule has 2 aromatic carbocycles. The van der Waals surface area contributed by atoms with E-state index in [-0.39, 0.29) is 10.7 Å². The Kier molecular flexibility index (Phi) is 5.55. The summed E-state index contributed by atoms with van der Waals surface area (Å²) in [5.41, 5.74) is 1.38. The molecule has 1 amide bonds. The summed E-state index contributed by atoms with van der Waals surface area (Å²) in [6.07, 6.45) is 0. The molecule has 0 aliphatic rings. The Balaban J connectivity index is 1.68. The molecule has 26 heavy (non-hydrogen) atoms. The van der Waals surface area contributed by atoms with Crippen LogP contribution in [-0.2, 0) is 0 Å². The number of carbonyl (C=O) groups is 1. The van der Waals surface area contributed by atoms with Crippen molar-refractivity contribution < 1.29 is 9.53 Å². The maximum atomic E-state index is 12.3. The van der Waals surface area contributed by atoms with Crippen molar-refractivity contribution in [3.8, 4) is 5.75 Å². The summed E-state index contributed by atoms with van der Waals surface area (Å²) < 4.78 is 5.11. The van der Waals surface area contributed by atoms with Crippen molar-refractivity contribution in [2.24, 2.45) is 0 Å². The first-order chi connectivity index (χ1) is 12.6. The largest absolute Gasteiger partial charge is 0.497 e. The van der Waals surface area contributed by atoms with Crippen LogP contribution in [0.4, 0.5) is 17.2 Å². The first-order valence-electron chi connectivity index (χ1n) is 7.57. The van der Waals surface area contributed by atoms with Gasteiger partial charge in [-0.1, -0.05) is 29.3 Å². The van der Waals surface area contributed by atoms with Gasteiger partial charge in [0.15, 0.2) is 11.5 Å². The standard InChI is InChI=1S/C18H14Cl2N4O2/c1-26-12-7-5-11(6-8-12)21-16-10-9-15(23-24-16)18(25)22-14-4-2-3-13(19)17(14)20/h2-10H,1H3,(H,21,24)(H,22,25). The zero-order valence-electron chi connectivity index (χ0n) is 13.7. The van der Waals surface area contributed by atoms with Crippen LogP contribution < -0.4 is 15.4 Å². The van der Waals surface area contributed by atoms with Crippen LogP contribution in [0.3, 0.4) is 0 Å². The molecular formula is C18H14Cl2N4O2. The van der Waals surface area contributed by atoms with E-state index in [0.29, 0.717) is 16.5 Å². The molecule has 8 heteroatoms. The summed E-state index contributed by atoms with van der Waals surface area (Å²) in [5, 5.41) is 14.3. The van der Waals surface area contributed by atoms with E-state index < -0.39 is 5.91 Å². The van der Waals surface area contributed by atoms with Crippen LogP contribution in [0.15, 0.2) is 54.6 Å². The third kappa shape index (κ3) is 4.22. The van der Waals surface area contributed by atoms with Gasteiger partial charge in [0, 0.05) is 5.69 Å². The van der Waals surface area contributed by atoms with Crippen molar-refractivity contribution in [3.05, 3.63) is 70.3 Å². The fourth-order valence-corrected chi connectivity index (χ4v) is 2.48. The molecule has 0 unspecified atom stereocenters. The van der Waals surface area contributed by atoms with E-state index in [1.165, 1.54) is 0 Å². The minimum absolute atomic E-state index is 0.154. The highest BCUT2D eigenvalue weighted by Crippen LogP contribution is 2.29. The van der Waals surface area contributed by atoms with Gasteiger partial charge in [-0.15, -0.1) is 10.2 Å². The van der Waals surface area contributed by atoms with Crippen molar-refractivity contribution in [2.75, 3.05) is 17.7 Å². The Morgan fingerprint density at radius 3 is 2.42 bits per heavy atom. The molecule has 0 saturated carbocycles. The summed E-state index contributed by atoms with van der Waals surface area (Å²) in [4.78, 5) is 12.3. The van der Waals surface area contributed by atoms with E-state index in [1.54, 1.807) is 37.4 Å². The maximum Gasteiger partial charge on any atom is 0.276 e. The number of rotatable bonds is 5. The molecule has 2 N–H and O–H groups in total. The van der Waals surface area contributed by atoms with Gasteiger partial charge in [0.25, 0.3) is 5.91 Å². The van der Waals surface area contributed by atoms with Gasteiger partial charge in [0.1, 0.15) is 5.75 Å². The monoisotopic (exact) mass is 388 g/mol. The van der Waals surface area contributed by atoms with Gasteiger partial charge in [-0.2, -0.15) is 0 Å². The Morgan fingerprint density at radius 2 is 1.77 bits per heavy atom. The van der Waals surface area contributed by atoms with Crippen LogP contribution >= 0.6 is 23.2 Å². The molecule has 6 nitrogen and oxygen atoms in total. The third-order valence-electron chi connectivity index (χ3n) is 3.46. The quantitative estimate of drug-likeness (QED) is 0.656. The van der Waals surface area contributed by atoms with Gasteiger partial charge in [-0.3, -0.25) is 4.79 Å². The van der Waals surface area contributed by atoms with Crippen LogP contribution in [0.25, 0.3) is 0 Å². The molecule has 0 bridgehead atoms. The molecule has 0 atom stereocenters. The average Bonchev–Trinajstić information content (AvgIpc) is 2.66. The molecule has 3 aromatic rings. The molecule has 1 aromatic heterocycles. The lowest BCUT2D eigenvalue weighted by Gasteiger charge is -2.08. The maximum absolute atomic E-state index is 12.3. The normalized spacial score (nSPS) is 10.3. The van der Waals surface area contributed by atoms with Gasteiger partial charge in [0.05, 0.1) is 22.8 Å². The van der Waals surface area contributed by atoms with Gasteiger partial charge < -0.3 is 15.4 Å². The second-order valence-electron chi connectivity index (χ2n) is 5.21. The predicted octanol–water partition coefficient (Wildman–Crippen LogP) is 4.79. The second-order valence-corrected chi connectivity index (χ2v) is 6.00. The molecule has 0 aliphatic heterocycles. The average molecular weight is 389 g/mol. The Labute approximate surface area is 160 Å². The number of benzene rings is 2. The molecule has 0 spiro atoms. The van der Waals surface area contributed by atoms with Crippen LogP contribution in [0.5, 0.6) is 5.75 Å². The topological polar surface area (TPSA) is 76.1 Å². The first kappa shape index (κ1) is 18.0. The summed E-state index contributed by atoms with van der Waals surface area (Å²) in [6.45, 7) is 0. The molecule has 0 saturated heterocycles. The highest BCUT2D eigenvalue weighted by molar-refractivity contribution is 6.44. The minimum Gasteiger partial charge on any atom is -0.497 e. The van der Waals surface area contributed by atoms with Crippen LogP contribution in [0, 0.1) is 0 Å². The lowest BCUT2D eigenvalue weighted by atomic mass is 10.3. The number of nitrogens with one attached hydrogen (secondary N) is 2. The number of methoxy groups -OCH3 is 1. The van der Waals surface area contributed by atoms with Crippen LogP contribution in [0.2, 0.25) is 10.0 Å². The Morgan fingerprint density at radius 1 is 1.00 bits per heavy atom. The lowest BCUT2D eigenvalue weighted by Crippen LogP contribution is -2.15. The molecule has 0 fully saturated rings. The molecule has 0 aliphatic carbocycles. The van der Waals surface area contributed by atoms with Gasteiger partial charge >= 0.3 is 0 Å². The SMILES string of the molecule is COc1ccc(Nc2ccc(C(=O)Nc3cccc(Cl)c3Cl)nn2)cc1. The van der Waals surface area contributed by atoms with E-state index >= 15 is 0 Å². The predicted molar refractivity (Wildman–Crippen MR) is 103 cm³/mol. The highest BCUT2D eigenvalue weighted by Gasteiger charge is 2.12. The Hall–Kier alpha value is -2.83. The van der Waals surface area contributed by atoms with Gasteiger partial charge in [0.2, 0.25) is 0 Å². The number of amides is 1. The minimum atomic E-state index is -0.433. The summed E-state index contributed by atoms with van der Waals surface area (Å²) >= 11 is 12.0. The number of anilines is 3. The smallest absolute Gasteiger partial charge is 0.276 e. The zero-order chi connectivity index (χ0) is 18.5. The zero-order valence-corrected chi connectivity index (χ0v) is 15.2. The van der Waals surface area contributed by atoms with E-state index in [2.05, 4.69) is 20.8 Å².